The topological polar surface area (TPSA) is 17.1 Å². The number of ketones is 1. The lowest BCUT2D eigenvalue weighted by Crippen LogP contribution is -1.94. The zero-order chi connectivity index (χ0) is 12.4. The van der Waals surface area contributed by atoms with Gasteiger partial charge in [0.1, 0.15) is 0 Å². The molecule has 0 atom stereocenters. The molecular weight excluding hydrogens is 260 g/mol. The minimum atomic E-state index is 0.215. The Labute approximate surface area is 114 Å². The van der Waals surface area contributed by atoms with Gasteiger partial charge in [-0.3, -0.25) is 4.79 Å². The number of carbonyl (C=O) groups is 1. The summed E-state index contributed by atoms with van der Waals surface area (Å²) in [5, 5.41) is 8.21. The van der Waals surface area contributed by atoms with Crippen LogP contribution >= 0.6 is 22.7 Å². The fraction of sp³-hybridized carbons (Fsp3) is 0.133. The second-order valence-corrected chi connectivity index (χ2v) is 5.84. The minimum Gasteiger partial charge on any atom is -0.289 e. The van der Waals surface area contributed by atoms with Crippen molar-refractivity contribution in [2.75, 3.05) is 0 Å². The molecule has 0 aromatic carbocycles. The van der Waals surface area contributed by atoms with Gasteiger partial charge in [0.05, 0.1) is 0 Å². The zero-order valence-electron chi connectivity index (χ0n) is 9.76. The van der Waals surface area contributed by atoms with Gasteiger partial charge in [-0.2, -0.15) is 22.7 Å². The van der Waals surface area contributed by atoms with Crippen molar-refractivity contribution < 1.29 is 4.79 Å². The Kier molecular flexibility index (Phi) is 3.26. The van der Waals surface area contributed by atoms with Crippen LogP contribution in [-0.4, -0.2) is 5.78 Å². The number of thiophene rings is 2. The van der Waals surface area contributed by atoms with Crippen LogP contribution in [0.15, 0.2) is 44.8 Å². The van der Waals surface area contributed by atoms with E-state index in [9.17, 15) is 4.79 Å². The van der Waals surface area contributed by atoms with E-state index in [0.29, 0.717) is 0 Å². The van der Waals surface area contributed by atoms with Crippen LogP contribution in [0.2, 0.25) is 0 Å². The van der Waals surface area contributed by atoms with Gasteiger partial charge in [0.2, 0.25) is 0 Å². The highest BCUT2D eigenvalue weighted by Gasteiger charge is 2.22. The lowest BCUT2D eigenvalue weighted by molar-refractivity contribution is -0.111. The number of rotatable bonds is 2. The third-order valence-electron chi connectivity index (χ3n) is 3.02. The van der Waals surface area contributed by atoms with Crippen LogP contribution < -0.4 is 0 Å². The Morgan fingerprint density at radius 1 is 0.889 bits per heavy atom. The minimum absolute atomic E-state index is 0.215. The summed E-state index contributed by atoms with van der Waals surface area (Å²) in [5.41, 5.74) is 4.16. The summed E-state index contributed by atoms with van der Waals surface area (Å²) in [6.07, 6.45) is 5.77. The maximum Gasteiger partial charge on any atom is 0.185 e. The summed E-state index contributed by atoms with van der Waals surface area (Å²) in [4.78, 5) is 12.2. The molecule has 0 unspecified atom stereocenters. The van der Waals surface area contributed by atoms with Gasteiger partial charge in [0, 0.05) is 11.1 Å². The second-order valence-electron chi connectivity index (χ2n) is 4.28. The van der Waals surface area contributed by atoms with Crippen LogP contribution in [-0.2, 0) is 4.79 Å². The van der Waals surface area contributed by atoms with Crippen molar-refractivity contribution in [2.24, 2.45) is 0 Å². The number of carbonyl (C=O) groups excluding carboxylic acids is 1. The molecule has 0 spiro atoms. The summed E-state index contributed by atoms with van der Waals surface area (Å²) < 4.78 is 0. The van der Waals surface area contributed by atoms with Crippen molar-refractivity contribution in [1.29, 1.82) is 0 Å². The Bertz CT molecular complexity index is 547. The maximum atomic E-state index is 12.2. The van der Waals surface area contributed by atoms with E-state index in [4.69, 9.17) is 0 Å². The zero-order valence-corrected chi connectivity index (χ0v) is 11.4. The number of hydrogen-bond acceptors (Lipinski definition) is 3. The van der Waals surface area contributed by atoms with Gasteiger partial charge < -0.3 is 0 Å². The average molecular weight is 272 g/mol. The second kappa shape index (κ2) is 5.04. The van der Waals surface area contributed by atoms with Gasteiger partial charge >= 0.3 is 0 Å². The molecule has 90 valence electrons. The monoisotopic (exact) mass is 272 g/mol. The Balaban J connectivity index is 1.85. The maximum absolute atomic E-state index is 12.2. The van der Waals surface area contributed by atoms with Gasteiger partial charge in [-0.15, -0.1) is 0 Å². The van der Waals surface area contributed by atoms with Crippen LogP contribution in [0.1, 0.15) is 24.0 Å². The first-order valence-electron chi connectivity index (χ1n) is 5.83. The molecule has 0 radical (unpaired) electrons. The van der Waals surface area contributed by atoms with E-state index in [-0.39, 0.29) is 5.78 Å². The van der Waals surface area contributed by atoms with E-state index in [0.717, 1.165) is 35.1 Å². The fourth-order valence-electron chi connectivity index (χ4n) is 2.09. The first-order valence-corrected chi connectivity index (χ1v) is 7.72. The van der Waals surface area contributed by atoms with Crippen molar-refractivity contribution in [2.45, 2.75) is 12.8 Å². The molecule has 2 heterocycles. The predicted molar refractivity (Wildman–Crippen MR) is 78.8 cm³/mol. The SMILES string of the molecule is O=C1/C(=C\c2ccsc2)CC/C1=C/c1ccsc1. The highest BCUT2D eigenvalue weighted by atomic mass is 32.1. The van der Waals surface area contributed by atoms with E-state index in [1.54, 1.807) is 22.7 Å². The average Bonchev–Trinajstić information content (AvgIpc) is 3.08. The van der Waals surface area contributed by atoms with Crippen molar-refractivity contribution in [3.63, 3.8) is 0 Å². The normalized spacial score (nSPS) is 20.1. The van der Waals surface area contributed by atoms with Crippen LogP contribution in [0, 0.1) is 0 Å². The largest absolute Gasteiger partial charge is 0.289 e. The summed E-state index contributed by atoms with van der Waals surface area (Å²) in [6.45, 7) is 0. The molecule has 3 rings (SSSR count). The van der Waals surface area contributed by atoms with E-state index in [2.05, 4.69) is 10.8 Å². The van der Waals surface area contributed by atoms with Gasteiger partial charge in [0.15, 0.2) is 5.78 Å². The summed E-state index contributed by atoms with van der Waals surface area (Å²) >= 11 is 3.32. The number of hydrogen-bond donors (Lipinski definition) is 0. The Hall–Kier alpha value is -1.45. The molecule has 3 heteroatoms. The van der Waals surface area contributed by atoms with Gasteiger partial charge in [-0.05, 0) is 69.8 Å². The van der Waals surface area contributed by atoms with Gasteiger partial charge in [-0.1, -0.05) is 0 Å². The van der Waals surface area contributed by atoms with Crippen LogP contribution in [0.4, 0.5) is 0 Å². The molecule has 18 heavy (non-hydrogen) atoms. The Morgan fingerprint density at radius 2 is 1.39 bits per heavy atom. The van der Waals surface area contributed by atoms with E-state index < -0.39 is 0 Å². The van der Waals surface area contributed by atoms with E-state index in [1.165, 1.54) is 0 Å². The molecule has 1 saturated carbocycles. The van der Waals surface area contributed by atoms with E-state index in [1.807, 2.05) is 35.0 Å². The highest BCUT2D eigenvalue weighted by Crippen LogP contribution is 2.30. The van der Waals surface area contributed by atoms with Gasteiger partial charge in [-0.25, -0.2) is 0 Å². The molecule has 1 fully saturated rings. The first kappa shape index (κ1) is 11.6. The van der Waals surface area contributed by atoms with Crippen molar-refractivity contribution >= 4 is 40.6 Å². The lowest BCUT2D eigenvalue weighted by atomic mass is 10.1. The number of allylic oxidation sites excluding steroid dienone is 2. The molecule has 0 aliphatic heterocycles. The molecular formula is C15H12OS2. The standard InChI is InChI=1S/C15H12OS2/c16-15-13(7-11-3-5-17-9-11)1-2-14(15)8-12-4-6-18-10-12/h3-10H,1-2H2/b13-7-,14-8-. The molecule has 0 N–H and O–H groups in total. The summed E-state index contributed by atoms with van der Waals surface area (Å²) in [6, 6.07) is 4.09. The molecule has 1 aliphatic carbocycles. The summed E-state index contributed by atoms with van der Waals surface area (Å²) in [7, 11) is 0. The van der Waals surface area contributed by atoms with Crippen molar-refractivity contribution in [3.05, 3.63) is 55.9 Å². The van der Waals surface area contributed by atoms with Gasteiger partial charge in [0.25, 0.3) is 0 Å². The van der Waals surface area contributed by atoms with E-state index >= 15 is 0 Å². The predicted octanol–water partition coefficient (Wildman–Crippen LogP) is 4.64. The molecule has 1 nitrogen and oxygen atoms in total. The van der Waals surface area contributed by atoms with Crippen LogP contribution in [0.25, 0.3) is 12.2 Å². The number of Topliss-reactive ketones (excluding diaryl/α,β-unsaturated/α-hetero) is 1. The fourth-order valence-corrected chi connectivity index (χ4v) is 3.33. The smallest absolute Gasteiger partial charge is 0.185 e. The molecule has 2 aromatic heterocycles. The summed E-state index contributed by atoms with van der Waals surface area (Å²) in [5.74, 6) is 0.215. The molecule has 0 amide bonds. The highest BCUT2D eigenvalue weighted by molar-refractivity contribution is 7.08. The van der Waals surface area contributed by atoms with Crippen LogP contribution in [0.3, 0.4) is 0 Å². The molecule has 1 aliphatic rings. The third kappa shape index (κ3) is 2.37. The lowest BCUT2D eigenvalue weighted by Gasteiger charge is -1.94. The quantitative estimate of drug-likeness (QED) is 0.728. The van der Waals surface area contributed by atoms with Crippen molar-refractivity contribution in [3.8, 4) is 0 Å². The van der Waals surface area contributed by atoms with Crippen molar-refractivity contribution in [1.82, 2.24) is 0 Å². The first-order chi connectivity index (χ1) is 8.83. The van der Waals surface area contributed by atoms with Crippen LogP contribution in [0.5, 0.6) is 0 Å². The molecule has 0 saturated heterocycles. The third-order valence-corrected chi connectivity index (χ3v) is 4.42. The molecule has 0 bridgehead atoms. The Morgan fingerprint density at radius 3 is 1.78 bits per heavy atom. The molecule has 2 aromatic rings.